The fraction of sp³-hybridized carbons (Fsp3) is 0.625. The molecule has 1 N–H and O–H groups in total. The first-order valence-corrected chi connectivity index (χ1v) is 7.05. The highest BCUT2D eigenvalue weighted by Gasteiger charge is 2.41. The summed E-state index contributed by atoms with van der Waals surface area (Å²) in [4.78, 5) is 0. The summed E-state index contributed by atoms with van der Waals surface area (Å²) < 4.78 is 10.4. The second kappa shape index (κ2) is 7.04. The molecule has 2 rings (SSSR count). The Morgan fingerprint density at radius 3 is 2.47 bits per heavy atom. The zero-order chi connectivity index (χ0) is 13.6. The highest BCUT2D eigenvalue weighted by molar-refractivity contribution is 5.26. The lowest BCUT2D eigenvalue weighted by atomic mass is 10.0. The van der Waals surface area contributed by atoms with E-state index in [1.54, 1.807) is 14.2 Å². The van der Waals surface area contributed by atoms with Crippen LogP contribution in [0.1, 0.15) is 30.4 Å². The summed E-state index contributed by atoms with van der Waals surface area (Å²) in [6.07, 6.45) is 3.85. The molecule has 1 saturated carbocycles. The van der Waals surface area contributed by atoms with Gasteiger partial charge in [0.15, 0.2) is 0 Å². The minimum Gasteiger partial charge on any atom is -0.385 e. The standard InChI is InChI=1S/C16H25NO2/c1-18-10-9-16(7-8-16)13-17-11-14-5-3-4-6-15(14)12-19-2/h3-6,17H,7-13H2,1-2H3. The van der Waals surface area contributed by atoms with Gasteiger partial charge in [-0.05, 0) is 35.8 Å². The number of nitrogens with one attached hydrogen (secondary N) is 1. The molecule has 0 saturated heterocycles. The molecule has 3 nitrogen and oxygen atoms in total. The normalized spacial score (nSPS) is 16.5. The predicted molar refractivity (Wildman–Crippen MR) is 77.0 cm³/mol. The lowest BCUT2D eigenvalue weighted by molar-refractivity contribution is 0.171. The SMILES string of the molecule is COCCC1(CNCc2ccccc2COC)CC1. The van der Waals surface area contributed by atoms with Crippen LogP contribution in [-0.2, 0) is 22.6 Å². The van der Waals surface area contributed by atoms with Gasteiger partial charge in [-0.1, -0.05) is 24.3 Å². The molecule has 0 unspecified atom stereocenters. The molecule has 1 aromatic rings. The van der Waals surface area contributed by atoms with Gasteiger partial charge >= 0.3 is 0 Å². The van der Waals surface area contributed by atoms with E-state index in [0.717, 1.165) is 19.7 Å². The van der Waals surface area contributed by atoms with Gasteiger partial charge in [0.05, 0.1) is 6.61 Å². The number of benzene rings is 1. The Bertz CT molecular complexity index is 388. The summed E-state index contributed by atoms with van der Waals surface area (Å²) in [6.45, 7) is 3.58. The Morgan fingerprint density at radius 1 is 1.11 bits per heavy atom. The van der Waals surface area contributed by atoms with Crippen LogP contribution in [0, 0.1) is 5.41 Å². The van der Waals surface area contributed by atoms with Crippen molar-refractivity contribution in [2.45, 2.75) is 32.4 Å². The average Bonchev–Trinajstić information content (AvgIpc) is 3.19. The molecule has 0 amide bonds. The van der Waals surface area contributed by atoms with Crippen LogP contribution in [0.4, 0.5) is 0 Å². The molecule has 0 bridgehead atoms. The van der Waals surface area contributed by atoms with E-state index < -0.39 is 0 Å². The Kier molecular flexibility index (Phi) is 5.37. The zero-order valence-corrected chi connectivity index (χ0v) is 12.1. The molecule has 1 aliphatic carbocycles. The van der Waals surface area contributed by atoms with Gasteiger partial charge in [-0.25, -0.2) is 0 Å². The van der Waals surface area contributed by atoms with Gasteiger partial charge in [-0.15, -0.1) is 0 Å². The maximum absolute atomic E-state index is 5.24. The maximum atomic E-state index is 5.24. The quantitative estimate of drug-likeness (QED) is 0.743. The number of rotatable bonds is 9. The van der Waals surface area contributed by atoms with Crippen molar-refractivity contribution in [3.8, 4) is 0 Å². The van der Waals surface area contributed by atoms with Gasteiger partial charge in [0.25, 0.3) is 0 Å². The molecule has 0 heterocycles. The molecule has 3 heteroatoms. The monoisotopic (exact) mass is 263 g/mol. The highest BCUT2D eigenvalue weighted by atomic mass is 16.5. The van der Waals surface area contributed by atoms with Crippen molar-refractivity contribution in [1.29, 1.82) is 0 Å². The van der Waals surface area contributed by atoms with Gasteiger partial charge in [0, 0.05) is 33.9 Å². The van der Waals surface area contributed by atoms with Crippen molar-refractivity contribution >= 4 is 0 Å². The second-order valence-corrected chi connectivity index (χ2v) is 5.55. The van der Waals surface area contributed by atoms with Crippen LogP contribution in [0.5, 0.6) is 0 Å². The van der Waals surface area contributed by atoms with Crippen molar-refractivity contribution in [2.24, 2.45) is 5.41 Å². The van der Waals surface area contributed by atoms with Crippen LogP contribution in [-0.4, -0.2) is 27.4 Å². The van der Waals surface area contributed by atoms with Crippen LogP contribution in [0.15, 0.2) is 24.3 Å². The van der Waals surface area contributed by atoms with Gasteiger partial charge in [-0.2, -0.15) is 0 Å². The fourth-order valence-corrected chi connectivity index (χ4v) is 2.50. The molecule has 1 aliphatic rings. The third kappa shape index (κ3) is 4.30. The van der Waals surface area contributed by atoms with Gasteiger partial charge < -0.3 is 14.8 Å². The minimum atomic E-state index is 0.506. The zero-order valence-electron chi connectivity index (χ0n) is 12.1. The molecule has 0 atom stereocenters. The van der Waals surface area contributed by atoms with Crippen molar-refractivity contribution in [3.05, 3.63) is 35.4 Å². The molecule has 0 aromatic heterocycles. The Hall–Kier alpha value is -0.900. The van der Waals surface area contributed by atoms with Crippen molar-refractivity contribution in [1.82, 2.24) is 5.32 Å². The van der Waals surface area contributed by atoms with E-state index in [-0.39, 0.29) is 0 Å². The predicted octanol–water partition coefficient (Wildman–Crippen LogP) is 2.74. The summed E-state index contributed by atoms with van der Waals surface area (Å²) >= 11 is 0. The van der Waals surface area contributed by atoms with Crippen molar-refractivity contribution in [3.63, 3.8) is 0 Å². The molecular formula is C16H25NO2. The topological polar surface area (TPSA) is 30.5 Å². The first kappa shape index (κ1) is 14.5. The molecule has 1 fully saturated rings. The minimum absolute atomic E-state index is 0.506. The largest absolute Gasteiger partial charge is 0.385 e. The highest BCUT2D eigenvalue weighted by Crippen LogP contribution is 2.48. The molecule has 19 heavy (non-hydrogen) atoms. The Balaban J connectivity index is 1.79. The molecule has 1 aromatic carbocycles. The number of hydrogen-bond acceptors (Lipinski definition) is 3. The van der Waals surface area contributed by atoms with Gasteiger partial charge in [-0.3, -0.25) is 0 Å². The van der Waals surface area contributed by atoms with Crippen molar-refractivity contribution < 1.29 is 9.47 Å². The lowest BCUT2D eigenvalue weighted by Crippen LogP contribution is -2.25. The lowest BCUT2D eigenvalue weighted by Gasteiger charge is -2.16. The van der Waals surface area contributed by atoms with Crippen LogP contribution in [0.3, 0.4) is 0 Å². The second-order valence-electron chi connectivity index (χ2n) is 5.55. The molecule has 0 radical (unpaired) electrons. The van der Waals surface area contributed by atoms with Gasteiger partial charge in [0.1, 0.15) is 0 Å². The van der Waals surface area contributed by atoms with Crippen LogP contribution >= 0.6 is 0 Å². The summed E-state index contributed by atoms with van der Waals surface area (Å²) in [6, 6.07) is 8.47. The average molecular weight is 263 g/mol. The molecule has 106 valence electrons. The van der Waals surface area contributed by atoms with E-state index in [2.05, 4.69) is 29.6 Å². The summed E-state index contributed by atoms with van der Waals surface area (Å²) in [5, 5.41) is 3.60. The number of hydrogen-bond donors (Lipinski definition) is 1. The van der Waals surface area contributed by atoms with E-state index in [1.165, 1.54) is 30.4 Å². The summed E-state index contributed by atoms with van der Waals surface area (Å²) in [5.41, 5.74) is 3.12. The summed E-state index contributed by atoms with van der Waals surface area (Å²) in [5.74, 6) is 0. The Labute approximate surface area is 116 Å². The van der Waals surface area contributed by atoms with Crippen LogP contribution in [0.25, 0.3) is 0 Å². The van der Waals surface area contributed by atoms with E-state index in [0.29, 0.717) is 12.0 Å². The molecule has 0 spiro atoms. The smallest absolute Gasteiger partial charge is 0.0716 e. The Morgan fingerprint density at radius 2 is 1.84 bits per heavy atom. The van der Waals surface area contributed by atoms with Crippen molar-refractivity contribution in [2.75, 3.05) is 27.4 Å². The molecule has 0 aliphatic heterocycles. The van der Waals surface area contributed by atoms with Crippen LogP contribution in [0.2, 0.25) is 0 Å². The van der Waals surface area contributed by atoms with E-state index >= 15 is 0 Å². The first-order valence-electron chi connectivity index (χ1n) is 7.05. The maximum Gasteiger partial charge on any atom is 0.0716 e. The fourth-order valence-electron chi connectivity index (χ4n) is 2.50. The van der Waals surface area contributed by atoms with Gasteiger partial charge in [0.2, 0.25) is 0 Å². The third-order valence-electron chi connectivity index (χ3n) is 4.03. The first-order chi connectivity index (χ1) is 9.29. The summed E-state index contributed by atoms with van der Waals surface area (Å²) in [7, 11) is 3.53. The van der Waals surface area contributed by atoms with E-state index in [9.17, 15) is 0 Å². The number of ether oxygens (including phenoxy) is 2. The van der Waals surface area contributed by atoms with E-state index in [4.69, 9.17) is 9.47 Å². The van der Waals surface area contributed by atoms with Crippen LogP contribution < -0.4 is 5.32 Å². The third-order valence-corrected chi connectivity index (χ3v) is 4.03. The van der Waals surface area contributed by atoms with E-state index in [1.807, 2.05) is 0 Å². The number of methoxy groups -OCH3 is 2. The molecular weight excluding hydrogens is 238 g/mol.